The molecule has 0 fully saturated rings. The van der Waals surface area contributed by atoms with E-state index >= 15 is 0 Å². The van der Waals surface area contributed by atoms with Crippen LogP contribution in [0.15, 0.2) is 36.4 Å². The molecule has 0 amide bonds. The first kappa shape index (κ1) is 12.6. The third kappa shape index (κ3) is 2.67. The number of nitrogen functional groups attached to an aromatic ring is 1. The summed E-state index contributed by atoms with van der Waals surface area (Å²) in [7, 11) is 0. The minimum Gasteiger partial charge on any atom is -0.455 e. The van der Waals surface area contributed by atoms with Gasteiger partial charge in [0.15, 0.2) is 5.75 Å². The molecule has 3 nitrogen and oxygen atoms in total. The van der Waals surface area contributed by atoms with Crippen molar-refractivity contribution in [3.63, 3.8) is 0 Å². The molecule has 0 spiro atoms. The number of rotatable bonds is 2. The summed E-state index contributed by atoms with van der Waals surface area (Å²) in [5, 5.41) is 9.62. The first-order valence-electron chi connectivity index (χ1n) is 5.02. The Labute approximate surface area is 114 Å². The van der Waals surface area contributed by atoms with Crippen molar-refractivity contribution in [3.8, 4) is 17.6 Å². The van der Waals surface area contributed by atoms with Gasteiger partial charge in [-0.25, -0.2) is 0 Å². The van der Waals surface area contributed by atoms with Gasteiger partial charge in [-0.1, -0.05) is 23.2 Å². The van der Waals surface area contributed by atoms with Gasteiger partial charge in [0.05, 0.1) is 16.3 Å². The van der Waals surface area contributed by atoms with Gasteiger partial charge in [0.2, 0.25) is 0 Å². The van der Waals surface area contributed by atoms with Gasteiger partial charge in [-0.3, -0.25) is 0 Å². The highest BCUT2D eigenvalue weighted by molar-refractivity contribution is 6.32. The third-order valence-electron chi connectivity index (χ3n) is 2.26. The van der Waals surface area contributed by atoms with Crippen LogP contribution in [0.5, 0.6) is 11.5 Å². The number of halogens is 2. The van der Waals surface area contributed by atoms with E-state index < -0.39 is 0 Å². The van der Waals surface area contributed by atoms with Gasteiger partial charge in [0, 0.05) is 17.2 Å². The van der Waals surface area contributed by atoms with Crippen molar-refractivity contribution in [1.82, 2.24) is 0 Å². The molecule has 2 rings (SSSR count). The predicted octanol–water partition coefficient (Wildman–Crippen LogP) is 4.24. The van der Waals surface area contributed by atoms with Crippen LogP contribution in [0.4, 0.5) is 5.69 Å². The largest absolute Gasteiger partial charge is 0.455 e. The van der Waals surface area contributed by atoms with Crippen LogP contribution in [0.3, 0.4) is 0 Å². The van der Waals surface area contributed by atoms with Crippen LogP contribution in [0.2, 0.25) is 10.0 Å². The third-order valence-corrected chi connectivity index (χ3v) is 2.81. The second-order valence-corrected chi connectivity index (χ2v) is 4.38. The van der Waals surface area contributed by atoms with Gasteiger partial charge in [-0.2, -0.15) is 5.26 Å². The quantitative estimate of drug-likeness (QED) is 0.836. The van der Waals surface area contributed by atoms with Crippen LogP contribution < -0.4 is 10.5 Å². The molecule has 0 atom stereocenters. The highest BCUT2D eigenvalue weighted by Gasteiger charge is 2.06. The molecule has 5 heteroatoms. The molecule has 0 aromatic heterocycles. The first-order chi connectivity index (χ1) is 8.60. The SMILES string of the molecule is N#Cc1ccc(Oc2cc(Cl)ccc2N)cc1Cl. The minimum atomic E-state index is 0.329. The van der Waals surface area contributed by atoms with E-state index in [1.165, 1.54) is 0 Å². The van der Waals surface area contributed by atoms with E-state index in [1.54, 1.807) is 36.4 Å². The van der Waals surface area contributed by atoms with Gasteiger partial charge in [0.25, 0.3) is 0 Å². The van der Waals surface area contributed by atoms with Gasteiger partial charge in [-0.05, 0) is 24.3 Å². The van der Waals surface area contributed by atoms with Crippen molar-refractivity contribution in [2.24, 2.45) is 0 Å². The average molecular weight is 279 g/mol. The maximum absolute atomic E-state index is 8.77. The van der Waals surface area contributed by atoms with E-state index in [0.29, 0.717) is 32.8 Å². The molecule has 2 aromatic carbocycles. The summed E-state index contributed by atoms with van der Waals surface area (Å²) in [6, 6.07) is 11.7. The number of hydrogen-bond acceptors (Lipinski definition) is 3. The van der Waals surface area contributed by atoms with Gasteiger partial charge in [0.1, 0.15) is 11.8 Å². The Balaban J connectivity index is 2.32. The molecule has 0 aliphatic carbocycles. The fourth-order valence-electron chi connectivity index (χ4n) is 1.37. The number of hydrogen-bond donors (Lipinski definition) is 1. The van der Waals surface area contributed by atoms with Crippen LogP contribution in [0.1, 0.15) is 5.56 Å². The van der Waals surface area contributed by atoms with E-state index in [4.69, 9.17) is 38.9 Å². The lowest BCUT2D eigenvalue weighted by Crippen LogP contribution is -1.92. The van der Waals surface area contributed by atoms with Crippen LogP contribution in [0.25, 0.3) is 0 Å². The summed E-state index contributed by atoms with van der Waals surface area (Å²) in [5.41, 5.74) is 6.63. The Bertz CT molecular complexity index is 635. The molecule has 2 aromatic rings. The molecule has 0 heterocycles. The topological polar surface area (TPSA) is 59.0 Å². The summed E-state index contributed by atoms with van der Waals surface area (Å²) < 4.78 is 5.57. The first-order valence-corrected chi connectivity index (χ1v) is 5.78. The van der Waals surface area contributed by atoms with E-state index in [1.807, 2.05) is 6.07 Å². The standard InChI is InChI=1S/C13H8Cl2N2O/c14-9-2-4-12(17)13(5-9)18-10-3-1-8(7-16)11(15)6-10/h1-6H,17H2. The minimum absolute atomic E-state index is 0.329. The highest BCUT2D eigenvalue weighted by Crippen LogP contribution is 2.31. The fourth-order valence-corrected chi connectivity index (χ4v) is 1.75. The van der Waals surface area contributed by atoms with E-state index in [-0.39, 0.29) is 0 Å². The molecule has 90 valence electrons. The molecule has 0 saturated carbocycles. The molecular formula is C13H8Cl2N2O. The molecule has 0 aliphatic rings. The van der Waals surface area contributed by atoms with Crippen LogP contribution in [-0.4, -0.2) is 0 Å². The molecule has 0 unspecified atom stereocenters. The van der Waals surface area contributed by atoms with Gasteiger partial charge >= 0.3 is 0 Å². The van der Waals surface area contributed by atoms with Crippen molar-refractivity contribution in [2.75, 3.05) is 5.73 Å². The smallest absolute Gasteiger partial charge is 0.151 e. The van der Waals surface area contributed by atoms with Crippen LogP contribution >= 0.6 is 23.2 Å². The average Bonchev–Trinajstić information content (AvgIpc) is 2.34. The predicted molar refractivity (Wildman–Crippen MR) is 72.1 cm³/mol. The summed E-state index contributed by atoms with van der Waals surface area (Å²) in [4.78, 5) is 0. The molecule has 18 heavy (non-hydrogen) atoms. The maximum Gasteiger partial charge on any atom is 0.151 e. The van der Waals surface area contributed by atoms with E-state index in [0.717, 1.165) is 0 Å². The van der Waals surface area contributed by atoms with E-state index in [9.17, 15) is 0 Å². The molecule has 0 bridgehead atoms. The lowest BCUT2D eigenvalue weighted by atomic mass is 10.2. The molecule has 0 radical (unpaired) electrons. The second kappa shape index (κ2) is 5.18. The van der Waals surface area contributed by atoms with Crippen molar-refractivity contribution in [1.29, 1.82) is 5.26 Å². The normalized spacial score (nSPS) is 9.83. The van der Waals surface area contributed by atoms with Crippen molar-refractivity contribution >= 4 is 28.9 Å². The summed E-state index contributed by atoms with van der Waals surface area (Å²) >= 11 is 11.8. The summed E-state index contributed by atoms with van der Waals surface area (Å²) in [5.74, 6) is 0.941. The molecular weight excluding hydrogens is 271 g/mol. The van der Waals surface area contributed by atoms with Crippen molar-refractivity contribution < 1.29 is 4.74 Å². The lowest BCUT2D eigenvalue weighted by molar-refractivity contribution is 0.485. The second-order valence-electron chi connectivity index (χ2n) is 3.54. The Morgan fingerprint density at radius 2 is 1.89 bits per heavy atom. The number of benzene rings is 2. The zero-order chi connectivity index (χ0) is 13.1. The van der Waals surface area contributed by atoms with Crippen LogP contribution in [0, 0.1) is 11.3 Å². The molecule has 0 aliphatic heterocycles. The van der Waals surface area contributed by atoms with Crippen LogP contribution in [-0.2, 0) is 0 Å². The zero-order valence-corrected chi connectivity index (χ0v) is 10.7. The van der Waals surface area contributed by atoms with E-state index in [2.05, 4.69) is 0 Å². The maximum atomic E-state index is 8.77. The number of anilines is 1. The van der Waals surface area contributed by atoms with Crippen molar-refractivity contribution in [2.45, 2.75) is 0 Å². The Kier molecular flexibility index (Phi) is 3.61. The zero-order valence-electron chi connectivity index (χ0n) is 9.15. The Morgan fingerprint density at radius 3 is 2.56 bits per heavy atom. The number of nitrogens with zero attached hydrogens (tertiary/aromatic N) is 1. The van der Waals surface area contributed by atoms with Gasteiger partial charge in [-0.15, -0.1) is 0 Å². The lowest BCUT2D eigenvalue weighted by Gasteiger charge is -2.09. The number of ether oxygens (including phenoxy) is 1. The molecule has 2 N–H and O–H groups in total. The van der Waals surface area contributed by atoms with Gasteiger partial charge < -0.3 is 10.5 Å². The fraction of sp³-hybridized carbons (Fsp3) is 0. The highest BCUT2D eigenvalue weighted by atomic mass is 35.5. The molecule has 0 saturated heterocycles. The van der Waals surface area contributed by atoms with Crippen molar-refractivity contribution in [3.05, 3.63) is 52.0 Å². The number of nitriles is 1. The summed E-state index contributed by atoms with van der Waals surface area (Å²) in [6.45, 7) is 0. The monoisotopic (exact) mass is 278 g/mol. The summed E-state index contributed by atoms with van der Waals surface area (Å²) in [6.07, 6.45) is 0. The number of nitrogens with two attached hydrogens (primary N) is 1. The Hall–Kier alpha value is -1.89. The Morgan fingerprint density at radius 1 is 1.11 bits per heavy atom.